The number of benzene rings is 1. The van der Waals surface area contributed by atoms with E-state index in [0.717, 1.165) is 12.0 Å². The minimum Gasteiger partial charge on any atom is -0.481 e. The van der Waals surface area contributed by atoms with Gasteiger partial charge >= 0.3 is 5.97 Å². The van der Waals surface area contributed by atoms with Gasteiger partial charge in [-0.1, -0.05) is 63.3 Å². The van der Waals surface area contributed by atoms with Crippen molar-refractivity contribution in [2.45, 2.75) is 64.7 Å². The number of unbranched alkanes of at least 4 members (excludes halogenated alkanes) is 6. The Morgan fingerprint density at radius 2 is 1.76 bits per heavy atom. The summed E-state index contributed by atoms with van der Waals surface area (Å²) in [7, 11) is 0. The number of carboxylic acids is 1. The Balaban J connectivity index is 2.50. The average molecular weight is 422 g/mol. The van der Waals surface area contributed by atoms with Gasteiger partial charge < -0.3 is 5.11 Å². The molecule has 0 aliphatic rings. The van der Waals surface area contributed by atoms with Crippen LogP contribution >= 0.6 is 11.8 Å². The second-order valence-corrected chi connectivity index (χ2v) is 7.83. The number of hydrogen-bond acceptors (Lipinski definition) is 4. The number of carboxylic acid groups (broad SMARTS) is 1. The summed E-state index contributed by atoms with van der Waals surface area (Å²) < 4.78 is 0. The first-order valence-electron chi connectivity index (χ1n) is 10.5. The standard InChI is InChI=1S/C23H35NO4S/c1-3-4-5-6-7-8-9-10-12-20-14-16-21(17-15-20)23(27)24(28-19-29-2)18-11-13-22(25)26/h10,12,14-17H,3-9,11,13,18-19H2,1-2H3,(H,25,26). The molecule has 5 nitrogen and oxygen atoms in total. The zero-order chi connectivity index (χ0) is 21.3. The van der Waals surface area contributed by atoms with Gasteiger partial charge in [0.25, 0.3) is 5.91 Å². The zero-order valence-corrected chi connectivity index (χ0v) is 18.6. The molecule has 1 rings (SSSR count). The van der Waals surface area contributed by atoms with Crippen LogP contribution in [-0.4, -0.2) is 40.8 Å². The fraction of sp³-hybridized carbons (Fsp3) is 0.565. The van der Waals surface area contributed by atoms with Gasteiger partial charge in [0, 0.05) is 18.5 Å². The van der Waals surface area contributed by atoms with Crippen molar-refractivity contribution in [3.8, 4) is 0 Å². The number of hydrogen-bond donors (Lipinski definition) is 1. The van der Waals surface area contributed by atoms with Crippen molar-refractivity contribution >= 4 is 29.7 Å². The van der Waals surface area contributed by atoms with E-state index in [4.69, 9.17) is 9.94 Å². The van der Waals surface area contributed by atoms with Gasteiger partial charge in [-0.3, -0.25) is 14.4 Å². The van der Waals surface area contributed by atoms with E-state index < -0.39 is 5.97 Å². The lowest BCUT2D eigenvalue weighted by atomic mass is 10.1. The number of nitrogens with zero attached hydrogens (tertiary/aromatic N) is 1. The number of carbonyl (C=O) groups excluding carboxylic acids is 1. The number of carbonyl (C=O) groups is 2. The molecule has 0 unspecified atom stereocenters. The van der Waals surface area contributed by atoms with Crippen molar-refractivity contribution < 1.29 is 19.5 Å². The summed E-state index contributed by atoms with van der Waals surface area (Å²) in [6.07, 6.45) is 15.4. The largest absolute Gasteiger partial charge is 0.481 e. The maximum Gasteiger partial charge on any atom is 0.303 e. The number of amides is 1. The van der Waals surface area contributed by atoms with Crippen LogP contribution in [0.4, 0.5) is 0 Å². The molecule has 0 aliphatic carbocycles. The van der Waals surface area contributed by atoms with E-state index in [0.29, 0.717) is 17.9 Å². The van der Waals surface area contributed by atoms with E-state index in [9.17, 15) is 9.59 Å². The molecule has 0 saturated carbocycles. The minimum atomic E-state index is -0.876. The van der Waals surface area contributed by atoms with E-state index in [1.807, 2.05) is 18.4 Å². The van der Waals surface area contributed by atoms with E-state index in [2.05, 4.69) is 19.1 Å². The summed E-state index contributed by atoms with van der Waals surface area (Å²) in [5, 5.41) is 10.1. The van der Waals surface area contributed by atoms with Gasteiger partial charge in [-0.2, -0.15) is 0 Å². The van der Waals surface area contributed by atoms with Crippen molar-refractivity contribution in [2.24, 2.45) is 0 Å². The van der Waals surface area contributed by atoms with E-state index in [1.165, 1.54) is 55.4 Å². The van der Waals surface area contributed by atoms with Crippen molar-refractivity contribution in [3.05, 3.63) is 41.5 Å². The van der Waals surface area contributed by atoms with Gasteiger partial charge in [-0.15, -0.1) is 11.8 Å². The third-order valence-corrected chi connectivity index (χ3v) is 4.84. The van der Waals surface area contributed by atoms with Crippen LogP contribution in [0.3, 0.4) is 0 Å². The summed E-state index contributed by atoms with van der Waals surface area (Å²) in [5.41, 5.74) is 1.60. The second-order valence-electron chi connectivity index (χ2n) is 7.02. The fourth-order valence-electron chi connectivity index (χ4n) is 2.86. The molecule has 0 saturated heterocycles. The van der Waals surface area contributed by atoms with Gasteiger partial charge in [0.2, 0.25) is 0 Å². The molecule has 0 aliphatic heterocycles. The highest BCUT2D eigenvalue weighted by molar-refractivity contribution is 7.98. The van der Waals surface area contributed by atoms with Crippen LogP contribution in [0.25, 0.3) is 6.08 Å². The summed E-state index contributed by atoms with van der Waals surface area (Å²) in [4.78, 5) is 28.9. The predicted octanol–water partition coefficient (Wildman–Crippen LogP) is 6.01. The summed E-state index contributed by atoms with van der Waals surface area (Å²) in [6.45, 7) is 2.49. The molecule has 0 heterocycles. The Bertz CT molecular complexity index is 616. The third kappa shape index (κ3) is 11.7. The number of hydroxylamine groups is 2. The SMILES string of the molecule is CCCCCCCCC=Cc1ccc(C(=O)N(CCCC(=O)O)OCSC)cc1. The smallest absolute Gasteiger partial charge is 0.303 e. The molecule has 0 spiro atoms. The van der Waals surface area contributed by atoms with Crippen LogP contribution in [0.1, 0.15) is 80.6 Å². The fourth-order valence-corrected chi connectivity index (χ4v) is 3.09. The number of thioether (sulfide) groups is 1. The molecular weight excluding hydrogens is 386 g/mol. The van der Waals surface area contributed by atoms with Crippen molar-refractivity contribution in [3.63, 3.8) is 0 Å². The molecule has 162 valence electrons. The Morgan fingerprint density at radius 3 is 2.41 bits per heavy atom. The Hall–Kier alpha value is -1.79. The van der Waals surface area contributed by atoms with Gasteiger partial charge in [-0.05, 0) is 43.2 Å². The average Bonchev–Trinajstić information content (AvgIpc) is 2.72. The molecule has 6 heteroatoms. The highest BCUT2D eigenvalue weighted by Crippen LogP contribution is 2.13. The van der Waals surface area contributed by atoms with Crippen LogP contribution in [-0.2, 0) is 9.63 Å². The molecule has 1 N–H and O–H groups in total. The van der Waals surface area contributed by atoms with Crippen LogP contribution < -0.4 is 0 Å². The van der Waals surface area contributed by atoms with E-state index in [1.54, 1.807) is 12.1 Å². The number of aliphatic carboxylic acids is 1. The highest BCUT2D eigenvalue weighted by Gasteiger charge is 2.17. The van der Waals surface area contributed by atoms with Gasteiger partial charge in [0.1, 0.15) is 5.94 Å². The third-order valence-electron chi connectivity index (χ3n) is 4.50. The van der Waals surface area contributed by atoms with Crippen LogP contribution in [0.2, 0.25) is 0 Å². The van der Waals surface area contributed by atoms with Crippen LogP contribution in [0, 0.1) is 0 Å². The molecule has 0 atom stereocenters. The number of allylic oxidation sites excluding steroid dienone is 1. The molecular formula is C23H35NO4S. The van der Waals surface area contributed by atoms with Crippen molar-refractivity contribution in [1.82, 2.24) is 5.06 Å². The summed E-state index contributed by atoms with van der Waals surface area (Å²) in [6, 6.07) is 7.43. The Labute approximate surface area is 179 Å². The molecule has 1 aromatic rings. The molecule has 0 radical (unpaired) electrons. The normalized spacial score (nSPS) is 11.1. The van der Waals surface area contributed by atoms with Gasteiger partial charge in [0.05, 0.1) is 0 Å². The summed E-state index contributed by atoms with van der Waals surface area (Å²) >= 11 is 1.46. The molecule has 1 aromatic carbocycles. The first-order chi connectivity index (χ1) is 14.1. The minimum absolute atomic E-state index is 0.00867. The lowest BCUT2D eigenvalue weighted by molar-refractivity contribution is -0.138. The van der Waals surface area contributed by atoms with Crippen LogP contribution in [0.15, 0.2) is 30.3 Å². The monoisotopic (exact) mass is 421 g/mol. The lowest BCUT2D eigenvalue weighted by Crippen LogP contribution is -2.32. The first kappa shape index (κ1) is 25.2. The quantitative estimate of drug-likeness (QED) is 0.201. The molecule has 0 aromatic heterocycles. The lowest BCUT2D eigenvalue weighted by Gasteiger charge is -2.21. The Morgan fingerprint density at radius 1 is 1.07 bits per heavy atom. The van der Waals surface area contributed by atoms with Crippen LogP contribution in [0.5, 0.6) is 0 Å². The second kappa shape index (κ2) is 16.1. The van der Waals surface area contributed by atoms with Gasteiger partial charge in [0.15, 0.2) is 0 Å². The molecule has 0 fully saturated rings. The Kier molecular flexibility index (Phi) is 14.0. The summed E-state index contributed by atoms with van der Waals surface area (Å²) in [5.74, 6) is -0.774. The van der Waals surface area contributed by atoms with Crippen molar-refractivity contribution in [1.29, 1.82) is 0 Å². The van der Waals surface area contributed by atoms with Gasteiger partial charge in [-0.25, -0.2) is 5.06 Å². The van der Waals surface area contributed by atoms with Crippen molar-refractivity contribution in [2.75, 3.05) is 18.7 Å². The highest BCUT2D eigenvalue weighted by atomic mass is 32.2. The maximum absolute atomic E-state index is 12.7. The first-order valence-corrected chi connectivity index (χ1v) is 11.9. The molecule has 0 bridgehead atoms. The zero-order valence-electron chi connectivity index (χ0n) is 17.8. The molecule has 1 amide bonds. The number of rotatable bonds is 16. The topological polar surface area (TPSA) is 66.8 Å². The van der Waals surface area contributed by atoms with E-state index >= 15 is 0 Å². The molecule has 29 heavy (non-hydrogen) atoms. The van der Waals surface area contributed by atoms with E-state index in [-0.39, 0.29) is 18.9 Å². The predicted molar refractivity (Wildman–Crippen MR) is 121 cm³/mol. The maximum atomic E-state index is 12.7.